The molecule has 0 fully saturated rings. The van der Waals surface area contributed by atoms with E-state index in [2.05, 4.69) is 76.1 Å². The maximum atomic E-state index is 12.6. The van der Waals surface area contributed by atoms with Crippen molar-refractivity contribution in [3.05, 3.63) is 92.7 Å². The van der Waals surface area contributed by atoms with Gasteiger partial charge in [0.15, 0.2) is 0 Å². The Balaban J connectivity index is 1.68. The standard InChI is InChI=1S/C25H18BrClN2O/c1-14-11-16(12-21-19-8-7-17(27)13-23(19)28-25(21)30)15(2)29(14)24-10-9-22(26)18-5-3-4-6-20(18)24/h3-13H,1-2H3,(H,28,30)/b21-12+. The molecule has 3 aromatic carbocycles. The zero-order chi connectivity index (χ0) is 21.0. The maximum Gasteiger partial charge on any atom is 0.256 e. The number of amides is 1. The van der Waals surface area contributed by atoms with Crippen LogP contribution in [0.2, 0.25) is 5.02 Å². The number of fused-ring (bicyclic) bond motifs is 2. The third kappa shape index (κ3) is 2.99. The minimum atomic E-state index is -0.105. The highest BCUT2D eigenvalue weighted by Crippen LogP contribution is 2.37. The van der Waals surface area contributed by atoms with Gasteiger partial charge in [-0.1, -0.05) is 57.9 Å². The minimum Gasteiger partial charge on any atom is -0.321 e. The van der Waals surface area contributed by atoms with Crippen LogP contribution in [0, 0.1) is 13.8 Å². The molecule has 1 aliphatic rings. The first-order valence-electron chi connectivity index (χ1n) is 9.63. The molecule has 1 aliphatic heterocycles. The molecule has 3 nitrogen and oxygen atoms in total. The lowest BCUT2D eigenvalue weighted by molar-refractivity contribution is -0.110. The average Bonchev–Trinajstić information content (AvgIpc) is 3.18. The normalized spacial score (nSPS) is 14.4. The molecule has 0 aliphatic carbocycles. The highest BCUT2D eigenvalue weighted by Gasteiger charge is 2.25. The number of halogens is 2. The molecule has 1 amide bonds. The predicted molar refractivity (Wildman–Crippen MR) is 128 cm³/mol. The Morgan fingerprint density at radius 1 is 1.00 bits per heavy atom. The number of aryl methyl sites for hydroxylation is 1. The van der Waals surface area contributed by atoms with Gasteiger partial charge in [-0.3, -0.25) is 4.79 Å². The maximum absolute atomic E-state index is 12.6. The summed E-state index contributed by atoms with van der Waals surface area (Å²) in [6.45, 7) is 4.18. The number of benzene rings is 3. The van der Waals surface area contributed by atoms with Gasteiger partial charge in [-0.25, -0.2) is 0 Å². The molecular formula is C25H18BrClN2O. The van der Waals surface area contributed by atoms with Gasteiger partial charge in [0.25, 0.3) is 5.91 Å². The van der Waals surface area contributed by atoms with Crippen LogP contribution in [-0.2, 0) is 4.79 Å². The topological polar surface area (TPSA) is 34.0 Å². The van der Waals surface area contributed by atoms with E-state index in [0.29, 0.717) is 10.6 Å². The van der Waals surface area contributed by atoms with E-state index >= 15 is 0 Å². The molecule has 4 aromatic rings. The molecule has 0 saturated heterocycles. The van der Waals surface area contributed by atoms with Gasteiger partial charge in [-0.2, -0.15) is 0 Å². The zero-order valence-electron chi connectivity index (χ0n) is 16.5. The molecule has 0 radical (unpaired) electrons. The van der Waals surface area contributed by atoms with Crippen molar-refractivity contribution < 1.29 is 4.79 Å². The third-order valence-electron chi connectivity index (χ3n) is 5.62. The van der Waals surface area contributed by atoms with Crippen molar-refractivity contribution in [2.45, 2.75) is 13.8 Å². The van der Waals surface area contributed by atoms with Gasteiger partial charge in [0.1, 0.15) is 0 Å². The van der Waals surface area contributed by atoms with Crippen molar-refractivity contribution in [3.8, 4) is 5.69 Å². The van der Waals surface area contributed by atoms with Crippen LogP contribution in [0.3, 0.4) is 0 Å². The molecule has 2 heterocycles. The Morgan fingerprint density at radius 2 is 1.77 bits per heavy atom. The fourth-order valence-corrected chi connectivity index (χ4v) is 4.86. The van der Waals surface area contributed by atoms with Gasteiger partial charge in [0.05, 0.1) is 11.4 Å². The van der Waals surface area contributed by atoms with E-state index in [4.69, 9.17) is 11.6 Å². The summed E-state index contributed by atoms with van der Waals surface area (Å²) in [5.41, 5.74) is 6.63. The fraction of sp³-hybridized carbons (Fsp3) is 0.0800. The summed E-state index contributed by atoms with van der Waals surface area (Å²) in [6.07, 6.45) is 1.97. The van der Waals surface area contributed by atoms with Crippen molar-refractivity contribution in [1.29, 1.82) is 0 Å². The number of nitrogens with zero attached hydrogens (tertiary/aromatic N) is 1. The van der Waals surface area contributed by atoms with E-state index in [0.717, 1.165) is 38.4 Å². The van der Waals surface area contributed by atoms with Crippen LogP contribution in [0.1, 0.15) is 22.5 Å². The first kappa shape index (κ1) is 19.2. The summed E-state index contributed by atoms with van der Waals surface area (Å²) in [5, 5.41) is 5.86. The van der Waals surface area contributed by atoms with Crippen molar-refractivity contribution in [3.63, 3.8) is 0 Å². The minimum absolute atomic E-state index is 0.105. The largest absolute Gasteiger partial charge is 0.321 e. The summed E-state index contributed by atoms with van der Waals surface area (Å²) >= 11 is 9.74. The van der Waals surface area contributed by atoms with Crippen LogP contribution in [0.4, 0.5) is 5.69 Å². The molecule has 0 atom stereocenters. The number of carbonyl (C=O) groups excluding carboxylic acids is 1. The molecule has 1 N–H and O–H groups in total. The quantitative estimate of drug-likeness (QED) is 0.305. The second kappa shape index (κ2) is 7.15. The van der Waals surface area contributed by atoms with Crippen molar-refractivity contribution >= 4 is 61.5 Å². The van der Waals surface area contributed by atoms with Crippen LogP contribution >= 0.6 is 27.5 Å². The van der Waals surface area contributed by atoms with Crippen LogP contribution in [-0.4, -0.2) is 10.5 Å². The van der Waals surface area contributed by atoms with E-state index in [1.165, 1.54) is 10.8 Å². The smallest absolute Gasteiger partial charge is 0.256 e. The average molecular weight is 478 g/mol. The summed E-state index contributed by atoms with van der Waals surface area (Å²) in [4.78, 5) is 12.6. The molecule has 5 heteroatoms. The lowest BCUT2D eigenvalue weighted by Gasteiger charge is -2.14. The predicted octanol–water partition coefficient (Wildman–Crippen LogP) is 7.16. The molecule has 0 bridgehead atoms. The van der Waals surface area contributed by atoms with Gasteiger partial charge >= 0.3 is 0 Å². The first-order chi connectivity index (χ1) is 14.4. The summed E-state index contributed by atoms with van der Waals surface area (Å²) in [5.74, 6) is -0.105. The Hall–Kier alpha value is -2.82. The number of hydrogen-bond acceptors (Lipinski definition) is 1. The lowest BCUT2D eigenvalue weighted by Crippen LogP contribution is -2.04. The number of carbonyl (C=O) groups is 1. The highest BCUT2D eigenvalue weighted by atomic mass is 79.9. The molecule has 148 valence electrons. The van der Waals surface area contributed by atoms with Crippen molar-refractivity contribution in [1.82, 2.24) is 4.57 Å². The molecule has 5 rings (SSSR count). The molecule has 30 heavy (non-hydrogen) atoms. The van der Waals surface area contributed by atoms with Crippen LogP contribution in [0.15, 0.2) is 65.1 Å². The monoisotopic (exact) mass is 476 g/mol. The Labute approximate surface area is 188 Å². The Bertz CT molecular complexity index is 1380. The number of aromatic nitrogens is 1. The SMILES string of the molecule is Cc1cc(/C=C2/C(=O)Nc3cc(Cl)ccc32)c(C)n1-c1ccc(Br)c2ccccc12. The second-order valence-corrected chi connectivity index (χ2v) is 8.77. The summed E-state index contributed by atoms with van der Waals surface area (Å²) in [7, 11) is 0. The summed E-state index contributed by atoms with van der Waals surface area (Å²) < 4.78 is 3.32. The van der Waals surface area contributed by atoms with Crippen LogP contribution in [0.25, 0.3) is 28.1 Å². The molecule has 0 spiro atoms. The van der Waals surface area contributed by atoms with E-state index in [1.807, 2.05) is 24.3 Å². The van der Waals surface area contributed by atoms with E-state index in [1.54, 1.807) is 6.07 Å². The van der Waals surface area contributed by atoms with Crippen molar-refractivity contribution in [2.75, 3.05) is 5.32 Å². The highest BCUT2D eigenvalue weighted by molar-refractivity contribution is 9.10. The number of rotatable bonds is 2. The van der Waals surface area contributed by atoms with E-state index < -0.39 is 0 Å². The van der Waals surface area contributed by atoms with Gasteiger partial charge in [-0.15, -0.1) is 0 Å². The zero-order valence-corrected chi connectivity index (χ0v) is 18.8. The second-order valence-electron chi connectivity index (χ2n) is 7.48. The molecule has 1 aromatic heterocycles. The Morgan fingerprint density at radius 3 is 2.57 bits per heavy atom. The van der Waals surface area contributed by atoms with E-state index in [9.17, 15) is 4.79 Å². The van der Waals surface area contributed by atoms with Gasteiger partial charge < -0.3 is 9.88 Å². The van der Waals surface area contributed by atoms with Crippen molar-refractivity contribution in [2.24, 2.45) is 0 Å². The number of hydrogen-bond donors (Lipinski definition) is 1. The molecule has 0 saturated carbocycles. The number of nitrogens with one attached hydrogen (secondary N) is 1. The van der Waals surface area contributed by atoms with E-state index in [-0.39, 0.29) is 5.91 Å². The molecule has 0 unspecified atom stereocenters. The summed E-state index contributed by atoms with van der Waals surface area (Å²) in [6, 6.07) is 20.2. The third-order valence-corrected chi connectivity index (χ3v) is 6.55. The lowest BCUT2D eigenvalue weighted by atomic mass is 10.0. The Kier molecular flexibility index (Phi) is 4.57. The van der Waals surface area contributed by atoms with Gasteiger partial charge in [0, 0.05) is 37.4 Å². The van der Waals surface area contributed by atoms with Gasteiger partial charge in [0.2, 0.25) is 0 Å². The molecular weight excluding hydrogens is 460 g/mol. The fourth-order valence-electron chi connectivity index (χ4n) is 4.21. The van der Waals surface area contributed by atoms with Gasteiger partial charge in [-0.05, 0) is 61.2 Å². The number of anilines is 1. The van der Waals surface area contributed by atoms with Crippen LogP contribution < -0.4 is 5.32 Å². The van der Waals surface area contributed by atoms with Crippen LogP contribution in [0.5, 0.6) is 0 Å². The first-order valence-corrected chi connectivity index (χ1v) is 10.8.